The molecule has 22 heavy (non-hydrogen) atoms. The Kier molecular flexibility index (Phi) is 7.12. The average Bonchev–Trinajstić information content (AvgIpc) is 2.42. The van der Waals surface area contributed by atoms with E-state index in [1.165, 1.54) is 12.1 Å². The van der Waals surface area contributed by atoms with Crippen molar-refractivity contribution in [3.8, 4) is 5.75 Å². The molecular formula is C12H16Cl2NO6P. The largest absolute Gasteiger partial charge is 0.479 e. The number of hydrogen-bond donors (Lipinski definition) is 4. The topological polar surface area (TPSA) is 130 Å². The minimum absolute atomic E-state index is 0.0422. The highest BCUT2D eigenvalue weighted by Gasteiger charge is 2.31. The van der Waals surface area contributed by atoms with Gasteiger partial charge in [0.2, 0.25) is 7.37 Å². The Morgan fingerprint density at radius 1 is 1.36 bits per heavy atom. The highest BCUT2D eigenvalue weighted by molar-refractivity contribution is 7.58. The van der Waals surface area contributed by atoms with Gasteiger partial charge in [-0.15, -0.1) is 0 Å². The third kappa shape index (κ3) is 5.12. The SMILES string of the molecule is NCCCP(=O)(O)C(O)c1cc(Cl)c(OCC(=O)O)c(Cl)c1. The maximum Gasteiger partial charge on any atom is 0.341 e. The summed E-state index contributed by atoms with van der Waals surface area (Å²) >= 11 is 11.8. The molecule has 7 nitrogen and oxygen atoms in total. The Morgan fingerprint density at radius 2 is 1.91 bits per heavy atom. The van der Waals surface area contributed by atoms with Crippen LogP contribution >= 0.6 is 30.6 Å². The molecule has 0 aliphatic carbocycles. The highest BCUT2D eigenvalue weighted by Crippen LogP contribution is 2.55. The molecule has 0 radical (unpaired) electrons. The molecule has 0 aromatic heterocycles. The summed E-state index contributed by atoms with van der Waals surface area (Å²) in [4.78, 5) is 20.3. The number of ether oxygens (including phenoxy) is 1. The van der Waals surface area contributed by atoms with E-state index < -0.39 is 25.8 Å². The molecule has 0 amide bonds. The van der Waals surface area contributed by atoms with Crippen molar-refractivity contribution in [3.63, 3.8) is 0 Å². The molecule has 0 heterocycles. The van der Waals surface area contributed by atoms with Gasteiger partial charge in [-0.05, 0) is 30.7 Å². The molecule has 5 N–H and O–H groups in total. The quantitative estimate of drug-likeness (QED) is 0.514. The van der Waals surface area contributed by atoms with Gasteiger partial charge in [0.25, 0.3) is 0 Å². The molecule has 0 saturated carbocycles. The summed E-state index contributed by atoms with van der Waals surface area (Å²) < 4.78 is 17.0. The standard InChI is InChI=1S/C12H16Cl2NO6P/c13-8-4-7(12(18)22(19,20)3-1-2-15)5-9(14)11(8)21-6-10(16)17/h4-5,12,18H,1-3,6,15H2,(H,16,17)(H,19,20). The number of benzene rings is 1. The Bertz CT molecular complexity index is 574. The van der Waals surface area contributed by atoms with Gasteiger partial charge in [0.05, 0.1) is 10.0 Å². The first-order valence-corrected chi connectivity index (χ1v) is 8.89. The number of aliphatic carboxylic acids is 1. The maximum atomic E-state index is 12.1. The smallest absolute Gasteiger partial charge is 0.341 e. The van der Waals surface area contributed by atoms with Crippen molar-refractivity contribution in [1.82, 2.24) is 0 Å². The fourth-order valence-electron chi connectivity index (χ4n) is 1.67. The first-order chi connectivity index (χ1) is 10.2. The zero-order valence-electron chi connectivity index (χ0n) is 11.4. The predicted octanol–water partition coefficient (Wildman–Crippen LogP) is 2.07. The molecular weight excluding hydrogens is 356 g/mol. The summed E-state index contributed by atoms with van der Waals surface area (Å²) in [7, 11) is -3.88. The fraction of sp³-hybridized carbons (Fsp3) is 0.417. The summed E-state index contributed by atoms with van der Waals surface area (Å²) in [6.45, 7) is -0.420. The van der Waals surface area contributed by atoms with Gasteiger partial charge >= 0.3 is 5.97 Å². The lowest BCUT2D eigenvalue weighted by Crippen LogP contribution is -2.10. The molecule has 0 saturated heterocycles. The molecule has 1 rings (SSSR count). The van der Waals surface area contributed by atoms with Gasteiger partial charge in [0, 0.05) is 6.16 Å². The number of aliphatic hydroxyl groups excluding tert-OH is 1. The molecule has 0 aliphatic heterocycles. The number of rotatable bonds is 8. The van der Waals surface area contributed by atoms with Crippen molar-refractivity contribution in [3.05, 3.63) is 27.7 Å². The Balaban J connectivity index is 3.02. The van der Waals surface area contributed by atoms with Gasteiger partial charge in [-0.25, -0.2) is 4.79 Å². The van der Waals surface area contributed by atoms with E-state index in [2.05, 4.69) is 0 Å². The molecule has 2 unspecified atom stereocenters. The van der Waals surface area contributed by atoms with Gasteiger partial charge in [0.15, 0.2) is 18.2 Å². The summed E-state index contributed by atoms with van der Waals surface area (Å²) in [6, 6.07) is 2.42. The van der Waals surface area contributed by atoms with Gasteiger partial charge in [-0.3, -0.25) is 4.57 Å². The van der Waals surface area contributed by atoms with Crippen LogP contribution in [0.4, 0.5) is 0 Å². The van der Waals surface area contributed by atoms with Crippen LogP contribution in [0.3, 0.4) is 0 Å². The Labute approximate surface area is 137 Å². The number of hydrogen-bond acceptors (Lipinski definition) is 5. The second-order valence-corrected chi connectivity index (χ2v) is 7.75. The zero-order chi connectivity index (χ0) is 16.9. The number of nitrogens with two attached hydrogens (primary N) is 1. The van der Waals surface area contributed by atoms with E-state index in [9.17, 15) is 19.4 Å². The van der Waals surface area contributed by atoms with Gasteiger partial charge in [-0.1, -0.05) is 23.2 Å². The van der Waals surface area contributed by atoms with Gasteiger partial charge in [0.1, 0.15) is 0 Å². The molecule has 10 heteroatoms. The van der Waals surface area contributed by atoms with E-state index in [0.29, 0.717) is 0 Å². The van der Waals surface area contributed by atoms with Crippen LogP contribution in [0.15, 0.2) is 12.1 Å². The van der Waals surface area contributed by atoms with Crippen molar-refractivity contribution in [2.45, 2.75) is 12.3 Å². The first-order valence-electron chi connectivity index (χ1n) is 6.22. The molecule has 0 fully saturated rings. The fourth-order valence-corrected chi connectivity index (χ4v) is 3.78. The van der Waals surface area contributed by atoms with E-state index in [1.54, 1.807) is 0 Å². The molecule has 0 bridgehead atoms. The first kappa shape index (κ1) is 19.2. The lowest BCUT2D eigenvalue weighted by molar-refractivity contribution is -0.139. The van der Waals surface area contributed by atoms with Crippen molar-refractivity contribution < 1.29 is 29.2 Å². The van der Waals surface area contributed by atoms with Crippen LogP contribution in [-0.2, 0) is 9.36 Å². The Morgan fingerprint density at radius 3 is 2.36 bits per heavy atom. The normalized spacial score (nSPS) is 15.1. The number of halogens is 2. The van der Waals surface area contributed by atoms with Crippen LogP contribution in [0.5, 0.6) is 5.75 Å². The molecule has 0 aliphatic rings. The molecule has 0 spiro atoms. The zero-order valence-corrected chi connectivity index (χ0v) is 13.8. The number of carboxylic acid groups (broad SMARTS) is 1. The van der Waals surface area contributed by atoms with Crippen molar-refractivity contribution >= 4 is 36.5 Å². The van der Waals surface area contributed by atoms with Gasteiger partial charge in [-0.2, -0.15) is 0 Å². The molecule has 1 aromatic rings. The maximum absolute atomic E-state index is 12.1. The number of carboxylic acids is 1. The van der Waals surface area contributed by atoms with Crippen LogP contribution in [-0.4, -0.2) is 40.4 Å². The lowest BCUT2D eigenvalue weighted by atomic mass is 10.2. The minimum atomic E-state index is -3.88. The Hall–Kier alpha value is -0.820. The van der Waals surface area contributed by atoms with Crippen LogP contribution in [0.1, 0.15) is 17.8 Å². The molecule has 2 atom stereocenters. The van der Waals surface area contributed by atoms with E-state index in [0.717, 1.165) is 0 Å². The van der Waals surface area contributed by atoms with Crippen LogP contribution in [0, 0.1) is 0 Å². The minimum Gasteiger partial charge on any atom is -0.479 e. The lowest BCUT2D eigenvalue weighted by Gasteiger charge is -2.19. The van der Waals surface area contributed by atoms with Crippen LogP contribution in [0.25, 0.3) is 0 Å². The third-order valence-electron chi connectivity index (χ3n) is 2.72. The summed E-state index contributed by atoms with van der Waals surface area (Å²) in [6.07, 6.45) is 0.142. The summed E-state index contributed by atoms with van der Waals surface area (Å²) in [5.41, 5.74) is 5.32. The number of carbonyl (C=O) groups is 1. The van der Waals surface area contributed by atoms with Crippen molar-refractivity contribution in [2.24, 2.45) is 5.73 Å². The predicted molar refractivity (Wildman–Crippen MR) is 82.9 cm³/mol. The van der Waals surface area contributed by atoms with Crippen molar-refractivity contribution in [1.29, 1.82) is 0 Å². The second kappa shape index (κ2) is 8.15. The average molecular weight is 372 g/mol. The van der Waals surface area contributed by atoms with Crippen LogP contribution in [0.2, 0.25) is 10.0 Å². The van der Waals surface area contributed by atoms with Crippen molar-refractivity contribution in [2.75, 3.05) is 19.3 Å². The van der Waals surface area contributed by atoms with E-state index >= 15 is 0 Å². The second-order valence-electron chi connectivity index (χ2n) is 4.49. The van der Waals surface area contributed by atoms with E-state index in [4.69, 9.17) is 38.8 Å². The van der Waals surface area contributed by atoms with E-state index in [-0.39, 0.29) is 40.5 Å². The monoisotopic (exact) mass is 371 g/mol. The van der Waals surface area contributed by atoms with Crippen LogP contribution < -0.4 is 10.5 Å². The highest BCUT2D eigenvalue weighted by atomic mass is 35.5. The molecule has 1 aromatic carbocycles. The van der Waals surface area contributed by atoms with Gasteiger partial charge < -0.3 is 25.6 Å². The summed E-state index contributed by atoms with van der Waals surface area (Å²) in [5, 5.41) is 18.4. The van der Waals surface area contributed by atoms with E-state index in [1.807, 2.05) is 0 Å². The third-order valence-corrected chi connectivity index (χ3v) is 5.30. The number of aliphatic hydroxyl groups is 1. The molecule has 124 valence electrons. The summed E-state index contributed by atoms with van der Waals surface area (Å²) in [5.74, 6) is -2.95.